The Morgan fingerprint density at radius 2 is 2.04 bits per heavy atom. The standard InChI is InChI=1S/C16H16F2N4O2/c17-16(18)22-9-8-12(21-22)15(24)19-11-6-7-13(23)20-14(11)10-4-2-1-3-5-10/h1-5,8-9,11,14,16H,6-7H2,(H,19,24)(H,20,23)/t11-,14+/m1/s1. The highest BCUT2D eigenvalue weighted by molar-refractivity contribution is 5.92. The van der Waals surface area contributed by atoms with E-state index in [0.717, 1.165) is 11.8 Å². The molecule has 0 bridgehead atoms. The van der Waals surface area contributed by atoms with Gasteiger partial charge >= 0.3 is 6.55 Å². The number of alkyl halides is 2. The summed E-state index contributed by atoms with van der Waals surface area (Å²) in [5, 5.41) is 9.20. The summed E-state index contributed by atoms with van der Waals surface area (Å²) in [6.45, 7) is -2.79. The molecule has 1 aliphatic rings. The van der Waals surface area contributed by atoms with Gasteiger partial charge in [-0.25, -0.2) is 4.68 Å². The molecule has 2 heterocycles. The van der Waals surface area contributed by atoms with E-state index in [0.29, 0.717) is 17.5 Å². The fourth-order valence-electron chi connectivity index (χ4n) is 2.74. The van der Waals surface area contributed by atoms with Crippen LogP contribution in [0.3, 0.4) is 0 Å². The number of carbonyl (C=O) groups excluding carboxylic acids is 2. The van der Waals surface area contributed by atoms with E-state index < -0.39 is 12.5 Å². The molecule has 2 aromatic rings. The summed E-state index contributed by atoms with van der Waals surface area (Å²) < 4.78 is 25.5. The zero-order chi connectivity index (χ0) is 17.1. The Hall–Kier alpha value is -2.77. The van der Waals surface area contributed by atoms with Crippen molar-refractivity contribution in [3.8, 4) is 0 Å². The normalized spacial score (nSPS) is 20.7. The molecule has 1 saturated heterocycles. The summed E-state index contributed by atoms with van der Waals surface area (Å²) >= 11 is 0. The minimum Gasteiger partial charge on any atom is -0.347 e. The molecule has 2 N–H and O–H groups in total. The summed E-state index contributed by atoms with van der Waals surface area (Å²) in [6.07, 6.45) is 1.81. The third kappa shape index (κ3) is 3.42. The highest BCUT2D eigenvalue weighted by Crippen LogP contribution is 2.24. The predicted octanol–water partition coefficient (Wildman–Crippen LogP) is 2.03. The molecule has 24 heavy (non-hydrogen) atoms. The SMILES string of the molecule is O=C1CC[C@@H](NC(=O)c2ccn(C(F)F)n2)[C@H](c2ccccc2)N1. The van der Waals surface area contributed by atoms with Crippen LogP contribution in [0.15, 0.2) is 42.6 Å². The fraction of sp³-hybridized carbons (Fsp3) is 0.312. The molecule has 1 aromatic heterocycles. The molecule has 1 fully saturated rings. The average Bonchev–Trinajstić information content (AvgIpc) is 3.08. The second-order valence-electron chi connectivity index (χ2n) is 5.53. The van der Waals surface area contributed by atoms with Gasteiger partial charge in [0.2, 0.25) is 5.91 Å². The first kappa shape index (κ1) is 16.1. The van der Waals surface area contributed by atoms with Crippen molar-refractivity contribution in [2.75, 3.05) is 0 Å². The summed E-state index contributed by atoms with van der Waals surface area (Å²) in [4.78, 5) is 24.0. The Labute approximate surface area is 136 Å². The van der Waals surface area contributed by atoms with Gasteiger partial charge in [0.15, 0.2) is 0 Å². The monoisotopic (exact) mass is 334 g/mol. The number of hydrogen-bond acceptors (Lipinski definition) is 3. The van der Waals surface area contributed by atoms with Gasteiger partial charge in [-0.3, -0.25) is 9.59 Å². The molecule has 3 rings (SSSR count). The maximum absolute atomic E-state index is 12.6. The lowest BCUT2D eigenvalue weighted by Crippen LogP contribution is -2.50. The highest BCUT2D eigenvalue weighted by atomic mass is 19.3. The lowest BCUT2D eigenvalue weighted by Gasteiger charge is -2.33. The highest BCUT2D eigenvalue weighted by Gasteiger charge is 2.31. The Kier molecular flexibility index (Phi) is 4.54. The molecule has 1 aliphatic heterocycles. The molecular formula is C16H16F2N4O2. The van der Waals surface area contributed by atoms with E-state index in [4.69, 9.17) is 0 Å². The van der Waals surface area contributed by atoms with E-state index in [1.54, 1.807) is 0 Å². The third-order valence-corrected chi connectivity index (χ3v) is 3.92. The van der Waals surface area contributed by atoms with Crippen LogP contribution in [0.1, 0.15) is 41.5 Å². The maximum atomic E-state index is 12.6. The van der Waals surface area contributed by atoms with Gasteiger partial charge in [-0.2, -0.15) is 13.9 Å². The summed E-state index contributed by atoms with van der Waals surface area (Å²) in [5.41, 5.74) is 0.785. The van der Waals surface area contributed by atoms with Gasteiger partial charge in [-0.05, 0) is 18.1 Å². The lowest BCUT2D eigenvalue weighted by atomic mass is 9.92. The van der Waals surface area contributed by atoms with E-state index in [9.17, 15) is 18.4 Å². The number of carbonyl (C=O) groups is 2. The Bertz CT molecular complexity index is 733. The average molecular weight is 334 g/mol. The van der Waals surface area contributed by atoms with Gasteiger partial charge in [-0.1, -0.05) is 30.3 Å². The second-order valence-corrected chi connectivity index (χ2v) is 5.53. The molecule has 0 radical (unpaired) electrons. The second kappa shape index (κ2) is 6.77. The van der Waals surface area contributed by atoms with Gasteiger partial charge in [0, 0.05) is 12.6 Å². The lowest BCUT2D eigenvalue weighted by molar-refractivity contribution is -0.123. The molecule has 2 amide bonds. The van der Waals surface area contributed by atoms with Crippen LogP contribution in [-0.4, -0.2) is 27.6 Å². The summed E-state index contributed by atoms with van der Waals surface area (Å²) in [7, 11) is 0. The zero-order valence-corrected chi connectivity index (χ0v) is 12.7. The number of hydrogen-bond donors (Lipinski definition) is 2. The van der Waals surface area contributed by atoms with Crippen LogP contribution in [0.25, 0.3) is 0 Å². The molecule has 1 aromatic carbocycles. The molecule has 0 spiro atoms. The van der Waals surface area contributed by atoms with Gasteiger partial charge in [0.1, 0.15) is 5.69 Å². The van der Waals surface area contributed by atoms with Crippen LogP contribution in [-0.2, 0) is 4.79 Å². The van der Waals surface area contributed by atoms with Gasteiger partial charge < -0.3 is 10.6 Å². The van der Waals surface area contributed by atoms with Crippen molar-refractivity contribution in [2.45, 2.75) is 31.5 Å². The summed E-state index contributed by atoms with van der Waals surface area (Å²) in [5.74, 6) is -0.632. The van der Waals surface area contributed by atoms with Crippen LogP contribution in [0.4, 0.5) is 8.78 Å². The quantitative estimate of drug-likeness (QED) is 0.898. The Morgan fingerprint density at radius 1 is 1.29 bits per heavy atom. The first-order valence-electron chi connectivity index (χ1n) is 7.53. The van der Waals surface area contributed by atoms with Crippen LogP contribution in [0, 0.1) is 0 Å². The molecule has 0 saturated carbocycles. The van der Waals surface area contributed by atoms with Crippen molar-refractivity contribution in [1.29, 1.82) is 0 Å². The largest absolute Gasteiger partial charge is 0.347 e. The van der Waals surface area contributed by atoms with Gasteiger partial charge in [-0.15, -0.1) is 0 Å². The minimum atomic E-state index is -2.79. The maximum Gasteiger partial charge on any atom is 0.333 e. The molecule has 6 nitrogen and oxygen atoms in total. The van der Waals surface area contributed by atoms with Gasteiger partial charge in [0.25, 0.3) is 5.91 Å². The zero-order valence-electron chi connectivity index (χ0n) is 12.7. The van der Waals surface area contributed by atoms with Gasteiger partial charge in [0.05, 0.1) is 12.1 Å². The van der Waals surface area contributed by atoms with E-state index >= 15 is 0 Å². The number of aromatic nitrogens is 2. The number of nitrogens with one attached hydrogen (secondary N) is 2. The molecule has 2 atom stereocenters. The Balaban J connectivity index is 1.76. The first-order valence-corrected chi connectivity index (χ1v) is 7.53. The number of rotatable bonds is 4. The van der Waals surface area contributed by atoms with Crippen LogP contribution in [0.2, 0.25) is 0 Å². The summed E-state index contributed by atoms with van der Waals surface area (Å²) in [6, 6.07) is 9.81. The number of piperidine rings is 1. The minimum absolute atomic E-state index is 0.0842. The predicted molar refractivity (Wildman–Crippen MR) is 81.3 cm³/mol. The number of benzene rings is 1. The molecule has 126 valence electrons. The van der Waals surface area contributed by atoms with Crippen molar-refractivity contribution in [1.82, 2.24) is 20.4 Å². The number of amides is 2. The number of nitrogens with zero attached hydrogens (tertiary/aromatic N) is 2. The fourth-order valence-corrected chi connectivity index (χ4v) is 2.74. The topological polar surface area (TPSA) is 76.0 Å². The van der Waals surface area contributed by atoms with Crippen LogP contribution < -0.4 is 10.6 Å². The van der Waals surface area contributed by atoms with Crippen molar-refractivity contribution in [2.24, 2.45) is 0 Å². The number of halogens is 2. The molecule has 8 heteroatoms. The van der Waals surface area contributed by atoms with E-state index in [-0.39, 0.29) is 23.7 Å². The van der Waals surface area contributed by atoms with Crippen LogP contribution >= 0.6 is 0 Å². The van der Waals surface area contributed by atoms with Crippen molar-refractivity contribution in [3.63, 3.8) is 0 Å². The third-order valence-electron chi connectivity index (χ3n) is 3.92. The molecule has 0 unspecified atom stereocenters. The molecular weight excluding hydrogens is 318 g/mol. The Morgan fingerprint density at radius 3 is 2.71 bits per heavy atom. The van der Waals surface area contributed by atoms with Crippen molar-refractivity contribution < 1.29 is 18.4 Å². The van der Waals surface area contributed by atoms with Crippen molar-refractivity contribution in [3.05, 3.63) is 53.9 Å². The van der Waals surface area contributed by atoms with Crippen LogP contribution in [0.5, 0.6) is 0 Å². The smallest absolute Gasteiger partial charge is 0.333 e. The molecule has 0 aliphatic carbocycles. The van der Waals surface area contributed by atoms with E-state index in [1.165, 1.54) is 6.07 Å². The van der Waals surface area contributed by atoms with Crippen molar-refractivity contribution >= 4 is 11.8 Å². The first-order chi connectivity index (χ1) is 11.5. The van der Waals surface area contributed by atoms with E-state index in [1.807, 2.05) is 30.3 Å². The van der Waals surface area contributed by atoms with E-state index in [2.05, 4.69) is 15.7 Å².